The predicted molar refractivity (Wildman–Crippen MR) is 101 cm³/mol. The third-order valence-electron chi connectivity index (χ3n) is 5.74. The quantitative estimate of drug-likeness (QED) is 0.655. The zero-order valence-corrected chi connectivity index (χ0v) is 17.1. The SMILES string of the molecule is COC(=O)[C@]1(C)C[C@@H]2c3cc(Br)cc4[nH]c(Br)c(c34)C[C@H]2N(C)C1. The number of fused-ring (bicyclic) bond motifs is 2. The number of piperidine rings is 1. The molecule has 1 N–H and O–H groups in total. The Morgan fingerprint density at radius 1 is 1.42 bits per heavy atom. The Hall–Kier alpha value is -0.850. The molecule has 2 aliphatic rings. The lowest BCUT2D eigenvalue weighted by Gasteiger charge is -2.48. The molecule has 1 aliphatic carbocycles. The van der Waals surface area contributed by atoms with Crippen molar-refractivity contribution in [1.29, 1.82) is 0 Å². The van der Waals surface area contributed by atoms with Crippen molar-refractivity contribution in [1.82, 2.24) is 9.88 Å². The van der Waals surface area contributed by atoms with E-state index in [1.54, 1.807) is 0 Å². The minimum atomic E-state index is -0.468. The fraction of sp³-hybridized carbons (Fsp3) is 0.500. The van der Waals surface area contributed by atoms with Gasteiger partial charge in [-0.3, -0.25) is 4.79 Å². The van der Waals surface area contributed by atoms with Gasteiger partial charge >= 0.3 is 5.97 Å². The number of hydrogen-bond acceptors (Lipinski definition) is 3. The average Bonchev–Trinajstić information content (AvgIpc) is 2.84. The number of hydrogen-bond donors (Lipinski definition) is 1. The molecule has 2 aromatic rings. The number of carbonyl (C=O) groups is 1. The van der Waals surface area contributed by atoms with Crippen LogP contribution in [0.25, 0.3) is 10.9 Å². The van der Waals surface area contributed by atoms with Crippen molar-refractivity contribution in [3.05, 3.63) is 32.3 Å². The molecule has 2 heterocycles. The summed E-state index contributed by atoms with van der Waals surface area (Å²) in [6, 6.07) is 4.75. The smallest absolute Gasteiger partial charge is 0.312 e. The maximum Gasteiger partial charge on any atom is 0.312 e. The number of aromatic nitrogens is 1. The van der Waals surface area contributed by atoms with Gasteiger partial charge in [0.2, 0.25) is 0 Å². The molecule has 0 unspecified atom stereocenters. The molecule has 0 bridgehead atoms. The molecule has 1 aliphatic heterocycles. The molecular weight excluding hydrogens is 436 g/mol. The van der Waals surface area contributed by atoms with Crippen molar-refractivity contribution in [2.24, 2.45) is 5.41 Å². The van der Waals surface area contributed by atoms with Crippen molar-refractivity contribution >= 4 is 48.7 Å². The largest absolute Gasteiger partial charge is 0.469 e. The maximum absolute atomic E-state index is 12.4. The highest BCUT2D eigenvalue weighted by atomic mass is 79.9. The van der Waals surface area contributed by atoms with Crippen LogP contribution in [0, 0.1) is 5.41 Å². The Balaban J connectivity index is 1.89. The zero-order valence-electron chi connectivity index (χ0n) is 14.0. The van der Waals surface area contributed by atoms with Crippen LogP contribution in [0.1, 0.15) is 30.4 Å². The molecule has 6 heteroatoms. The molecule has 0 radical (unpaired) electrons. The molecule has 1 fully saturated rings. The number of benzene rings is 1. The number of methoxy groups -OCH3 is 1. The van der Waals surface area contributed by atoms with Crippen LogP contribution in [-0.2, 0) is 16.0 Å². The van der Waals surface area contributed by atoms with E-state index in [1.165, 1.54) is 23.6 Å². The highest BCUT2D eigenvalue weighted by Crippen LogP contribution is 2.50. The number of esters is 1. The van der Waals surface area contributed by atoms with Gasteiger partial charge in [-0.05, 0) is 66.0 Å². The van der Waals surface area contributed by atoms with E-state index >= 15 is 0 Å². The number of carbonyl (C=O) groups excluding carboxylic acids is 1. The van der Waals surface area contributed by atoms with E-state index in [0.29, 0.717) is 12.0 Å². The lowest BCUT2D eigenvalue weighted by Crippen LogP contribution is -2.54. The van der Waals surface area contributed by atoms with Crippen molar-refractivity contribution in [2.45, 2.75) is 31.7 Å². The van der Waals surface area contributed by atoms with Crippen LogP contribution < -0.4 is 0 Å². The van der Waals surface area contributed by atoms with Gasteiger partial charge in [0.25, 0.3) is 0 Å². The summed E-state index contributed by atoms with van der Waals surface area (Å²) in [5.41, 5.74) is 3.36. The van der Waals surface area contributed by atoms with E-state index in [1.807, 2.05) is 6.92 Å². The Morgan fingerprint density at radius 3 is 2.88 bits per heavy atom. The number of likely N-dealkylation sites (N-methyl/N-ethyl adjacent to an activating group) is 1. The number of H-pyrrole nitrogens is 1. The second-order valence-corrected chi connectivity index (χ2v) is 9.09. The van der Waals surface area contributed by atoms with Gasteiger partial charge in [-0.15, -0.1) is 0 Å². The van der Waals surface area contributed by atoms with Gasteiger partial charge < -0.3 is 14.6 Å². The van der Waals surface area contributed by atoms with E-state index in [-0.39, 0.29) is 5.97 Å². The number of nitrogens with one attached hydrogen (secondary N) is 1. The molecule has 4 nitrogen and oxygen atoms in total. The van der Waals surface area contributed by atoms with Gasteiger partial charge in [-0.25, -0.2) is 0 Å². The molecule has 0 saturated carbocycles. The zero-order chi connectivity index (χ0) is 17.2. The molecule has 1 aromatic carbocycles. The van der Waals surface area contributed by atoms with E-state index in [0.717, 1.165) is 34.0 Å². The summed E-state index contributed by atoms with van der Waals surface area (Å²) in [6.45, 7) is 2.76. The second kappa shape index (κ2) is 5.58. The highest BCUT2D eigenvalue weighted by molar-refractivity contribution is 9.10. The van der Waals surface area contributed by atoms with Crippen molar-refractivity contribution in [3.8, 4) is 0 Å². The first-order valence-corrected chi connectivity index (χ1v) is 9.71. The standard InChI is InChI=1S/C18H20Br2N2O2/c1-18(17(23)24-3)7-12-10-4-9(19)5-13-15(10)11(16(20)21-13)6-14(12)22(2)8-18/h4-5,12,14,21H,6-8H2,1-3H3/t12-,14-,18-/m1/s1. The fourth-order valence-electron chi connectivity index (χ4n) is 4.73. The lowest BCUT2D eigenvalue weighted by atomic mass is 9.67. The molecule has 24 heavy (non-hydrogen) atoms. The first-order chi connectivity index (χ1) is 11.3. The molecule has 4 rings (SSSR count). The van der Waals surface area contributed by atoms with E-state index in [2.05, 4.69) is 60.9 Å². The summed E-state index contributed by atoms with van der Waals surface area (Å²) in [5, 5.41) is 1.31. The van der Waals surface area contributed by atoms with Crippen molar-refractivity contribution in [3.63, 3.8) is 0 Å². The monoisotopic (exact) mass is 454 g/mol. The van der Waals surface area contributed by atoms with Crippen molar-refractivity contribution < 1.29 is 9.53 Å². The van der Waals surface area contributed by atoms with E-state index in [9.17, 15) is 4.79 Å². The van der Waals surface area contributed by atoms with Gasteiger partial charge in [0.05, 0.1) is 17.1 Å². The Labute approximate surface area is 158 Å². The molecule has 1 aromatic heterocycles. The van der Waals surface area contributed by atoms with Crippen LogP contribution in [0.5, 0.6) is 0 Å². The number of aromatic amines is 1. The Bertz CT molecular complexity index is 847. The summed E-state index contributed by atoms with van der Waals surface area (Å²) in [7, 11) is 3.61. The third-order valence-corrected chi connectivity index (χ3v) is 6.87. The number of rotatable bonds is 1. The molecule has 0 spiro atoms. The number of halogens is 2. The average molecular weight is 456 g/mol. The van der Waals surface area contributed by atoms with Gasteiger partial charge in [0.1, 0.15) is 0 Å². The summed E-state index contributed by atoms with van der Waals surface area (Å²) >= 11 is 7.34. The van der Waals surface area contributed by atoms with Crippen LogP contribution in [0.4, 0.5) is 0 Å². The lowest BCUT2D eigenvalue weighted by molar-refractivity contribution is -0.156. The maximum atomic E-state index is 12.4. The van der Waals surface area contributed by atoms with Crippen molar-refractivity contribution in [2.75, 3.05) is 20.7 Å². The van der Waals surface area contributed by atoms with E-state index in [4.69, 9.17) is 4.74 Å². The summed E-state index contributed by atoms with van der Waals surface area (Å²) in [6.07, 6.45) is 1.82. The van der Waals surface area contributed by atoms with Crippen LogP contribution in [0.15, 0.2) is 21.2 Å². The number of ether oxygens (including phenoxy) is 1. The molecule has 3 atom stereocenters. The molecular formula is C18H20Br2N2O2. The highest BCUT2D eigenvalue weighted by Gasteiger charge is 2.48. The summed E-state index contributed by atoms with van der Waals surface area (Å²) in [4.78, 5) is 18.2. The van der Waals surface area contributed by atoms with Gasteiger partial charge in [0.15, 0.2) is 0 Å². The first-order valence-electron chi connectivity index (χ1n) is 8.12. The number of nitrogens with zero attached hydrogens (tertiary/aromatic N) is 1. The fourth-order valence-corrected chi connectivity index (χ4v) is 5.78. The van der Waals surface area contributed by atoms with Gasteiger partial charge in [0, 0.05) is 33.9 Å². The first kappa shape index (κ1) is 16.6. The third kappa shape index (κ3) is 2.30. The topological polar surface area (TPSA) is 45.3 Å². The second-order valence-electron chi connectivity index (χ2n) is 7.38. The van der Waals surface area contributed by atoms with Crippen LogP contribution in [0.3, 0.4) is 0 Å². The van der Waals surface area contributed by atoms with Gasteiger partial charge in [-0.2, -0.15) is 0 Å². The normalized spacial score (nSPS) is 29.5. The summed E-state index contributed by atoms with van der Waals surface area (Å²) in [5.74, 6) is 0.211. The van der Waals surface area contributed by atoms with Crippen LogP contribution >= 0.6 is 31.9 Å². The molecule has 1 saturated heterocycles. The van der Waals surface area contributed by atoms with Crippen LogP contribution in [0.2, 0.25) is 0 Å². The predicted octanol–water partition coefficient (Wildman–Crippen LogP) is 4.22. The Kier molecular flexibility index (Phi) is 3.86. The molecule has 128 valence electrons. The molecule has 0 amide bonds. The van der Waals surface area contributed by atoms with Gasteiger partial charge in [-0.1, -0.05) is 15.9 Å². The Morgan fingerprint density at radius 2 is 2.17 bits per heavy atom. The van der Waals surface area contributed by atoms with E-state index < -0.39 is 5.41 Å². The number of likely N-dealkylation sites (tertiary alicyclic amines) is 1. The summed E-state index contributed by atoms with van der Waals surface area (Å²) < 4.78 is 7.25. The van der Waals surface area contributed by atoms with Crippen LogP contribution in [-0.4, -0.2) is 42.6 Å². The minimum absolute atomic E-state index is 0.111. The minimum Gasteiger partial charge on any atom is -0.469 e.